The lowest BCUT2D eigenvalue weighted by Gasteiger charge is -2.09. The van der Waals surface area contributed by atoms with Gasteiger partial charge in [0.1, 0.15) is 21.3 Å². The second kappa shape index (κ2) is 11.6. The molecule has 44 heavy (non-hydrogen) atoms. The van der Waals surface area contributed by atoms with E-state index in [1.54, 1.807) is 30.9 Å². The van der Waals surface area contributed by atoms with Gasteiger partial charge in [0.15, 0.2) is 5.82 Å². The standard InChI is InChI=1S/C32H30FN7O3S/c1-18(2)8-29(41)36-24-12-22(14-34-15-24)20-4-5-27-25(13-20)31(40-39-27)32-37-28-17-35-16-26(30(28)38-32)21-9-19(10-23(33)11-21)6-7-44(3,42)43/h4-5,9-18H,6-8H2,1-3H3,(H,36,41)(H,37,38)(H,39,40). The number of aryl methyl sites for hydroxylation is 1. The summed E-state index contributed by atoms with van der Waals surface area (Å²) in [5, 5.41) is 11.3. The van der Waals surface area contributed by atoms with Crippen molar-refractivity contribution < 1.29 is 17.6 Å². The fraction of sp³-hybridized carbons (Fsp3) is 0.219. The van der Waals surface area contributed by atoms with Gasteiger partial charge in [0.05, 0.1) is 40.4 Å². The number of benzene rings is 2. The molecule has 224 valence electrons. The van der Waals surface area contributed by atoms with Gasteiger partial charge in [0.25, 0.3) is 0 Å². The average Bonchev–Trinajstić information content (AvgIpc) is 3.59. The van der Waals surface area contributed by atoms with Crippen molar-refractivity contribution >= 4 is 43.4 Å². The van der Waals surface area contributed by atoms with Gasteiger partial charge in [-0.3, -0.25) is 19.9 Å². The normalized spacial score (nSPS) is 11.9. The first-order valence-corrected chi connectivity index (χ1v) is 16.1. The number of aromatic amines is 2. The Labute approximate surface area is 253 Å². The van der Waals surface area contributed by atoms with E-state index in [-0.39, 0.29) is 24.0 Å². The zero-order valence-electron chi connectivity index (χ0n) is 24.3. The zero-order valence-corrected chi connectivity index (χ0v) is 25.2. The Kier molecular flexibility index (Phi) is 7.68. The number of carbonyl (C=O) groups excluding carboxylic acids is 1. The Morgan fingerprint density at radius 1 is 0.955 bits per heavy atom. The summed E-state index contributed by atoms with van der Waals surface area (Å²) in [6.07, 6.45) is 8.40. The number of carbonyl (C=O) groups is 1. The number of rotatable bonds is 9. The molecule has 0 aliphatic heterocycles. The maximum absolute atomic E-state index is 14.6. The van der Waals surface area contributed by atoms with Crippen LogP contribution in [0.1, 0.15) is 25.8 Å². The molecule has 0 spiro atoms. The van der Waals surface area contributed by atoms with Gasteiger partial charge in [-0.15, -0.1) is 0 Å². The molecule has 0 fully saturated rings. The van der Waals surface area contributed by atoms with E-state index in [0.29, 0.717) is 51.4 Å². The van der Waals surface area contributed by atoms with E-state index in [0.717, 1.165) is 28.3 Å². The molecule has 0 radical (unpaired) electrons. The van der Waals surface area contributed by atoms with Crippen molar-refractivity contribution in [3.05, 3.63) is 78.6 Å². The second-order valence-electron chi connectivity index (χ2n) is 11.3. The van der Waals surface area contributed by atoms with Crippen molar-refractivity contribution in [2.24, 2.45) is 5.92 Å². The van der Waals surface area contributed by atoms with Crippen molar-refractivity contribution in [3.63, 3.8) is 0 Å². The molecule has 2 aromatic carbocycles. The van der Waals surface area contributed by atoms with Crippen LogP contribution < -0.4 is 5.32 Å². The summed E-state index contributed by atoms with van der Waals surface area (Å²) in [4.78, 5) is 29.1. The Balaban J connectivity index is 1.36. The second-order valence-corrected chi connectivity index (χ2v) is 13.6. The largest absolute Gasteiger partial charge is 0.335 e. The summed E-state index contributed by atoms with van der Waals surface area (Å²) < 4.78 is 38.0. The van der Waals surface area contributed by atoms with Crippen LogP contribution in [0.4, 0.5) is 10.1 Å². The van der Waals surface area contributed by atoms with Crippen molar-refractivity contribution in [2.75, 3.05) is 17.3 Å². The molecule has 6 aromatic rings. The van der Waals surface area contributed by atoms with E-state index >= 15 is 0 Å². The van der Waals surface area contributed by atoms with Gasteiger partial charge in [0, 0.05) is 41.6 Å². The van der Waals surface area contributed by atoms with Gasteiger partial charge in [0.2, 0.25) is 5.91 Å². The van der Waals surface area contributed by atoms with Crippen molar-refractivity contribution in [3.8, 4) is 33.8 Å². The van der Waals surface area contributed by atoms with E-state index < -0.39 is 15.7 Å². The Hall–Kier alpha value is -4.97. The molecule has 4 aromatic heterocycles. The van der Waals surface area contributed by atoms with Gasteiger partial charge in [-0.1, -0.05) is 26.0 Å². The van der Waals surface area contributed by atoms with E-state index in [4.69, 9.17) is 4.98 Å². The monoisotopic (exact) mass is 611 g/mol. The van der Waals surface area contributed by atoms with Crippen LogP contribution in [-0.4, -0.2) is 56.5 Å². The number of sulfone groups is 1. The first-order chi connectivity index (χ1) is 21.0. The highest BCUT2D eigenvalue weighted by atomic mass is 32.2. The third kappa shape index (κ3) is 6.35. The van der Waals surface area contributed by atoms with Gasteiger partial charge in [-0.05, 0) is 59.4 Å². The molecule has 0 saturated carbocycles. The molecule has 0 aliphatic carbocycles. The molecular formula is C32H30FN7O3S. The summed E-state index contributed by atoms with van der Waals surface area (Å²) in [6, 6.07) is 12.2. The van der Waals surface area contributed by atoms with Crippen molar-refractivity contribution in [1.29, 1.82) is 0 Å². The Morgan fingerprint density at radius 2 is 1.77 bits per heavy atom. The number of nitrogens with one attached hydrogen (secondary N) is 3. The number of fused-ring (bicyclic) bond motifs is 2. The third-order valence-electron chi connectivity index (χ3n) is 7.16. The molecule has 0 unspecified atom stereocenters. The smallest absolute Gasteiger partial charge is 0.224 e. The number of nitrogens with zero attached hydrogens (tertiary/aromatic N) is 4. The highest BCUT2D eigenvalue weighted by molar-refractivity contribution is 7.90. The number of H-pyrrole nitrogens is 2. The van der Waals surface area contributed by atoms with Crippen LogP contribution in [0.25, 0.3) is 55.7 Å². The zero-order chi connectivity index (χ0) is 31.0. The Morgan fingerprint density at radius 3 is 2.57 bits per heavy atom. The SMILES string of the molecule is CC(C)CC(=O)Nc1cncc(-c2ccc3[nH]nc(-c4nc5c(-c6cc(F)cc(CCS(C)(=O)=O)c6)cncc5[nH]4)c3c2)c1. The highest BCUT2D eigenvalue weighted by Crippen LogP contribution is 2.33. The van der Waals surface area contributed by atoms with Crippen LogP contribution in [0.2, 0.25) is 0 Å². The Bertz CT molecular complexity index is 2140. The number of anilines is 1. The number of halogens is 1. The molecule has 12 heteroatoms. The van der Waals surface area contributed by atoms with Crippen molar-refractivity contribution in [1.82, 2.24) is 30.1 Å². The predicted molar refractivity (Wildman–Crippen MR) is 169 cm³/mol. The van der Waals surface area contributed by atoms with Crippen molar-refractivity contribution in [2.45, 2.75) is 26.7 Å². The fourth-order valence-corrected chi connectivity index (χ4v) is 5.74. The van der Waals surface area contributed by atoms with E-state index in [2.05, 4.69) is 30.5 Å². The number of hydrogen-bond donors (Lipinski definition) is 3. The number of pyridine rings is 2. The first kappa shape index (κ1) is 29.1. The van der Waals surface area contributed by atoms with Crippen LogP contribution in [0.15, 0.2) is 67.3 Å². The molecule has 4 heterocycles. The molecule has 3 N–H and O–H groups in total. The lowest BCUT2D eigenvalue weighted by molar-refractivity contribution is -0.116. The van der Waals surface area contributed by atoms with Crippen LogP contribution >= 0.6 is 0 Å². The molecule has 6 rings (SSSR count). The molecule has 1 amide bonds. The minimum absolute atomic E-state index is 0.0614. The van der Waals surface area contributed by atoms with E-state index in [9.17, 15) is 17.6 Å². The third-order valence-corrected chi connectivity index (χ3v) is 8.11. The summed E-state index contributed by atoms with van der Waals surface area (Å²) in [5.41, 5.74) is 6.67. The minimum atomic E-state index is -3.20. The molecular weight excluding hydrogens is 581 g/mol. The average molecular weight is 612 g/mol. The van der Waals surface area contributed by atoms with Gasteiger partial charge in [-0.2, -0.15) is 5.10 Å². The summed E-state index contributed by atoms with van der Waals surface area (Å²) >= 11 is 0. The topological polar surface area (TPSA) is 146 Å². The fourth-order valence-electron chi connectivity index (χ4n) is 5.13. The maximum Gasteiger partial charge on any atom is 0.224 e. The number of aromatic nitrogens is 6. The van der Waals surface area contributed by atoms with Crippen LogP contribution in [0.3, 0.4) is 0 Å². The molecule has 0 aliphatic rings. The van der Waals surface area contributed by atoms with Gasteiger partial charge >= 0.3 is 0 Å². The predicted octanol–water partition coefficient (Wildman–Crippen LogP) is 5.94. The number of imidazole rings is 1. The van der Waals surface area contributed by atoms with Crippen LogP contribution in [0.5, 0.6) is 0 Å². The summed E-state index contributed by atoms with van der Waals surface area (Å²) in [7, 11) is -3.20. The van der Waals surface area contributed by atoms with Gasteiger partial charge in [-0.25, -0.2) is 17.8 Å². The summed E-state index contributed by atoms with van der Waals surface area (Å²) in [6.45, 7) is 3.99. The minimum Gasteiger partial charge on any atom is -0.335 e. The lowest BCUT2D eigenvalue weighted by Crippen LogP contribution is -2.13. The quantitative estimate of drug-likeness (QED) is 0.183. The molecule has 10 nitrogen and oxygen atoms in total. The molecule has 0 bridgehead atoms. The van der Waals surface area contributed by atoms with E-state index in [1.165, 1.54) is 12.1 Å². The number of amides is 1. The lowest BCUT2D eigenvalue weighted by atomic mass is 10.0. The maximum atomic E-state index is 14.6. The first-order valence-electron chi connectivity index (χ1n) is 14.1. The van der Waals surface area contributed by atoms with Gasteiger partial charge < -0.3 is 10.3 Å². The molecule has 0 atom stereocenters. The highest BCUT2D eigenvalue weighted by Gasteiger charge is 2.17. The number of hydrogen-bond acceptors (Lipinski definition) is 7. The summed E-state index contributed by atoms with van der Waals surface area (Å²) in [5.74, 6) is 0.138. The van der Waals surface area contributed by atoms with E-state index in [1.807, 2.05) is 38.1 Å². The molecule has 0 saturated heterocycles. The van der Waals surface area contributed by atoms with Crippen LogP contribution in [0, 0.1) is 11.7 Å². The van der Waals surface area contributed by atoms with Crippen LogP contribution in [-0.2, 0) is 21.1 Å².